The van der Waals surface area contributed by atoms with Crippen LogP contribution in [-0.2, 0) is 11.2 Å². The first-order chi connectivity index (χ1) is 7.65. The Hall–Kier alpha value is 0.0600. The molecule has 0 radical (unpaired) electrons. The number of nitrogens with two attached hydrogens (primary N) is 1. The Balaban J connectivity index is 1.89. The molecule has 2 N–H and O–H groups in total. The summed E-state index contributed by atoms with van der Waals surface area (Å²) in [6.45, 7) is 2.74. The van der Waals surface area contributed by atoms with Gasteiger partial charge in [0.15, 0.2) is 0 Å². The van der Waals surface area contributed by atoms with Crippen LogP contribution in [0.25, 0.3) is 0 Å². The van der Waals surface area contributed by atoms with Crippen LogP contribution in [0.1, 0.15) is 4.88 Å². The highest BCUT2D eigenvalue weighted by Gasteiger charge is 2.24. The highest BCUT2D eigenvalue weighted by molar-refractivity contribution is 9.10. The maximum atomic E-state index is 6.19. The average Bonchev–Trinajstić information content (AvgIpc) is 2.64. The summed E-state index contributed by atoms with van der Waals surface area (Å²) in [6, 6.07) is 2.23. The lowest BCUT2D eigenvalue weighted by Crippen LogP contribution is -2.50. The summed E-state index contributed by atoms with van der Waals surface area (Å²) in [5.41, 5.74) is 6.19. The van der Waals surface area contributed by atoms with E-state index in [1.807, 2.05) is 0 Å². The first-order valence-electron chi connectivity index (χ1n) is 5.44. The van der Waals surface area contributed by atoms with Gasteiger partial charge in [-0.05, 0) is 35.5 Å². The van der Waals surface area contributed by atoms with Gasteiger partial charge in [-0.2, -0.15) is 0 Å². The molecule has 1 aromatic heterocycles. The molecule has 1 aliphatic rings. The second kappa shape index (κ2) is 5.60. The van der Waals surface area contributed by atoms with Crippen LogP contribution >= 0.6 is 27.3 Å². The number of ether oxygens (including phenoxy) is 1. The lowest BCUT2D eigenvalue weighted by molar-refractivity contribution is -0.0318. The monoisotopic (exact) mass is 304 g/mol. The van der Waals surface area contributed by atoms with E-state index < -0.39 is 0 Å². The van der Waals surface area contributed by atoms with Crippen LogP contribution in [0, 0.1) is 0 Å². The van der Waals surface area contributed by atoms with E-state index in [0.717, 1.165) is 30.6 Å². The Bertz CT molecular complexity index is 344. The van der Waals surface area contributed by atoms with Crippen molar-refractivity contribution in [2.45, 2.75) is 18.6 Å². The zero-order valence-corrected chi connectivity index (χ0v) is 11.8. The van der Waals surface area contributed by atoms with Crippen LogP contribution in [0.15, 0.2) is 15.9 Å². The molecular formula is C11H17BrN2OS. The van der Waals surface area contributed by atoms with Crippen molar-refractivity contribution < 1.29 is 4.74 Å². The van der Waals surface area contributed by atoms with Gasteiger partial charge in [-0.3, -0.25) is 0 Å². The zero-order valence-electron chi connectivity index (χ0n) is 9.36. The van der Waals surface area contributed by atoms with Gasteiger partial charge in [0.2, 0.25) is 0 Å². The minimum absolute atomic E-state index is 0.0910. The summed E-state index contributed by atoms with van der Waals surface area (Å²) in [4.78, 5) is 3.59. The topological polar surface area (TPSA) is 38.5 Å². The molecule has 0 aromatic carbocycles. The molecule has 1 fully saturated rings. The van der Waals surface area contributed by atoms with Crippen molar-refractivity contribution >= 4 is 27.3 Å². The number of hydrogen-bond acceptors (Lipinski definition) is 4. The van der Waals surface area contributed by atoms with E-state index in [2.05, 4.69) is 39.3 Å². The van der Waals surface area contributed by atoms with Crippen molar-refractivity contribution in [3.63, 3.8) is 0 Å². The molecule has 2 rings (SSSR count). The van der Waals surface area contributed by atoms with Gasteiger partial charge >= 0.3 is 0 Å². The standard InChI is InChI=1S/C11H17BrN2OS/c1-14-2-3-15-11(6-14)10(13)5-9-4-8(12)7-16-9/h4,7,10-11H,2-3,5-6,13H2,1H3. The molecule has 0 spiro atoms. The molecule has 0 aliphatic carbocycles. The van der Waals surface area contributed by atoms with Crippen LogP contribution in [0.4, 0.5) is 0 Å². The van der Waals surface area contributed by atoms with Crippen LogP contribution in [0.5, 0.6) is 0 Å². The summed E-state index contributed by atoms with van der Waals surface area (Å²) in [5, 5.41) is 2.09. The number of halogens is 1. The smallest absolute Gasteiger partial charge is 0.0856 e. The number of rotatable bonds is 3. The Kier molecular flexibility index (Phi) is 4.38. The molecule has 1 aliphatic heterocycles. The number of likely N-dealkylation sites (N-methyl/N-ethyl adjacent to an activating group) is 1. The Morgan fingerprint density at radius 1 is 1.75 bits per heavy atom. The van der Waals surface area contributed by atoms with E-state index in [4.69, 9.17) is 10.5 Å². The van der Waals surface area contributed by atoms with E-state index in [9.17, 15) is 0 Å². The highest BCUT2D eigenvalue weighted by Crippen LogP contribution is 2.22. The third kappa shape index (κ3) is 3.28. The lowest BCUT2D eigenvalue weighted by Gasteiger charge is -2.33. The Morgan fingerprint density at radius 2 is 2.56 bits per heavy atom. The van der Waals surface area contributed by atoms with Crippen molar-refractivity contribution in [3.8, 4) is 0 Å². The fourth-order valence-corrected chi connectivity index (χ4v) is 3.42. The largest absolute Gasteiger partial charge is 0.374 e. The van der Waals surface area contributed by atoms with E-state index in [1.165, 1.54) is 4.88 Å². The van der Waals surface area contributed by atoms with Gasteiger partial charge in [0.25, 0.3) is 0 Å². The average molecular weight is 305 g/mol. The minimum atomic E-state index is 0.0910. The maximum absolute atomic E-state index is 6.19. The Labute approximate surface area is 109 Å². The maximum Gasteiger partial charge on any atom is 0.0856 e. The Morgan fingerprint density at radius 3 is 3.19 bits per heavy atom. The van der Waals surface area contributed by atoms with E-state index >= 15 is 0 Å². The van der Waals surface area contributed by atoms with Gasteiger partial charge < -0.3 is 15.4 Å². The first-order valence-corrected chi connectivity index (χ1v) is 7.11. The van der Waals surface area contributed by atoms with Crippen molar-refractivity contribution in [2.24, 2.45) is 5.73 Å². The van der Waals surface area contributed by atoms with Gasteiger partial charge in [0.05, 0.1) is 12.7 Å². The molecule has 90 valence electrons. The number of nitrogens with zero attached hydrogens (tertiary/aromatic N) is 1. The lowest BCUT2D eigenvalue weighted by atomic mass is 10.1. The van der Waals surface area contributed by atoms with Gasteiger partial charge in [-0.15, -0.1) is 11.3 Å². The molecule has 0 bridgehead atoms. The highest BCUT2D eigenvalue weighted by atomic mass is 79.9. The zero-order chi connectivity index (χ0) is 11.5. The SMILES string of the molecule is CN1CCOC(C(N)Cc2cc(Br)cs2)C1. The van der Waals surface area contributed by atoms with Crippen molar-refractivity contribution in [1.29, 1.82) is 0 Å². The molecular weight excluding hydrogens is 288 g/mol. The molecule has 5 heteroatoms. The van der Waals surface area contributed by atoms with Gasteiger partial charge in [0.1, 0.15) is 0 Å². The van der Waals surface area contributed by atoms with Crippen LogP contribution in [0.3, 0.4) is 0 Å². The van der Waals surface area contributed by atoms with E-state index in [-0.39, 0.29) is 12.1 Å². The number of morpholine rings is 1. The fourth-order valence-electron chi connectivity index (χ4n) is 1.89. The molecule has 2 atom stereocenters. The predicted octanol–water partition coefficient (Wildman–Crippen LogP) is 1.71. The summed E-state index contributed by atoms with van der Waals surface area (Å²) in [6.07, 6.45) is 1.06. The quantitative estimate of drug-likeness (QED) is 0.924. The molecule has 1 saturated heterocycles. The summed E-state index contributed by atoms with van der Waals surface area (Å²) in [5.74, 6) is 0. The third-order valence-electron chi connectivity index (χ3n) is 2.83. The molecule has 2 unspecified atom stereocenters. The van der Waals surface area contributed by atoms with Crippen LogP contribution in [0.2, 0.25) is 0 Å². The number of hydrogen-bond donors (Lipinski definition) is 1. The second-order valence-corrected chi connectivity index (χ2v) is 6.18. The van der Waals surface area contributed by atoms with Gasteiger partial charge in [-0.1, -0.05) is 0 Å². The molecule has 0 saturated carbocycles. The number of thiophene rings is 1. The summed E-state index contributed by atoms with van der Waals surface area (Å²) < 4.78 is 6.86. The molecule has 16 heavy (non-hydrogen) atoms. The van der Waals surface area contributed by atoms with Gasteiger partial charge in [-0.25, -0.2) is 0 Å². The second-order valence-electron chi connectivity index (χ2n) is 4.27. The summed E-state index contributed by atoms with van der Waals surface area (Å²) >= 11 is 5.20. The summed E-state index contributed by atoms with van der Waals surface area (Å²) in [7, 11) is 2.12. The third-order valence-corrected chi connectivity index (χ3v) is 4.55. The van der Waals surface area contributed by atoms with Crippen molar-refractivity contribution in [1.82, 2.24) is 4.90 Å². The molecule has 0 amide bonds. The molecule has 2 heterocycles. The van der Waals surface area contributed by atoms with E-state index in [0.29, 0.717) is 0 Å². The minimum Gasteiger partial charge on any atom is -0.374 e. The fraction of sp³-hybridized carbons (Fsp3) is 0.636. The predicted molar refractivity (Wildman–Crippen MR) is 70.9 cm³/mol. The first kappa shape index (κ1) is 12.5. The molecule has 3 nitrogen and oxygen atoms in total. The van der Waals surface area contributed by atoms with Gasteiger partial charge in [0, 0.05) is 33.9 Å². The van der Waals surface area contributed by atoms with Crippen molar-refractivity contribution in [3.05, 3.63) is 20.8 Å². The van der Waals surface area contributed by atoms with E-state index in [1.54, 1.807) is 11.3 Å². The van der Waals surface area contributed by atoms with Crippen LogP contribution in [-0.4, -0.2) is 43.8 Å². The normalized spacial score (nSPS) is 24.6. The van der Waals surface area contributed by atoms with Crippen LogP contribution < -0.4 is 5.73 Å². The molecule has 1 aromatic rings. The van der Waals surface area contributed by atoms with Crippen molar-refractivity contribution in [2.75, 3.05) is 26.7 Å².